The fourth-order valence-corrected chi connectivity index (χ4v) is 2.54. The molecule has 0 unspecified atom stereocenters. The smallest absolute Gasteiger partial charge is 0.255 e. The fraction of sp³-hybridized carbons (Fsp3) is 0.533. The number of ether oxygens (including phenoxy) is 2. The summed E-state index contributed by atoms with van der Waals surface area (Å²) in [6, 6.07) is 3.43. The summed E-state index contributed by atoms with van der Waals surface area (Å²) in [5.74, 6) is 0.322. The van der Waals surface area contributed by atoms with Gasteiger partial charge in [-0.15, -0.1) is 0 Å². The van der Waals surface area contributed by atoms with Crippen molar-refractivity contribution in [1.29, 1.82) is 0 Å². The Balaban J connectivity index is 2.18. The Labute approximate surface area is 125 Å². The lowest BCUT2D eigenvalue weighted by molar-refractivity contribution is 0.0476. The van der Waals surface area contributed by atoms with E-state index in [9.17, 15) is 4.79 Å². The first-order valence-electron chi connectivity index (χ1n) is 7.05. The van der Waals surface area contributed by atoms with Crippen LogP contribution in [0.15, 0.2) is 12.1 Å². The average molecular weight is 293 g/mol. The summed E-state index contributed by atoms with van der Waals surface area (Å²) in [7, 11) is 3.19. The number of nitrogen functional groups attached to an aromatic ring is 1. The molecule has 0 radical (unpaired) electrons. The van der Waals surface area contributed by atoms with Crippen LogP contribution < -0.4 is 21.1 Å². The highest BCUT2D eigenvalue weighted by atomic mass is 16.5. The van der Waals surface area contributed by atoms with E-state index in [4.69, 9.17) is 15.2 Å². The third-order valence-electron chi connectivity index (χ3n) is 3.88. The predicted molar refractivity (Wildman–Crippen MR) is 81.7 cm³/mol. The van der Waals surface area contributed by atoms with Gasteiger partial charge in [-0.25, -0.2) is 0 Å². The first-order chi connectivity index (χ1) is 10.1. The Hall–Kier alpha value is -1.79. The van der Waals surface area contributed by atoms with Gasteiger partial charge >= 0.3 is 0 Å². The average Bonchev–Trinajstić information content (AvgIpc) is 2.50. The predicted octanol–water partition coefficient (Wildman–Crippen LogP) is 0.693. The molecule has 1 amide bonds. The zero-order valence-corrected chi connectivity index (χ0v) is 12.7. The fourth-order valence-electron chi connectivity index (χ4n) is 2.54. The van der Waals surface area contributed by atoms with Gasteiger partial charge in [0.25, 0.3) is 5.91 Å². The third-order valence-corrected chi connectivity index (χ3v) is 3.88. The van der Waals surface area contributed by atoms with Crippen molar-refractivity contribution in [3.05, 3.63) is 23.3 Å². The van der Waals surface area contributed by atoms with Crippen molar-refractivity contribution in [2.45, 2.75) is 25.5 Å². The SMILES string of the molecule is COc1cc(N)c(C)cc1C(=O)N[C@@H]1CCNC[C@@H]1OC. The number of aryl methyl sites for hydroxylation is 1. The van der Waals surface area contributed by atoms with Crippen molar-refractivity contribution in [3.8, 4) is 5.75 Å². The highest BCUT2D eigenvalue weighted by molar-refractivity contribution is 5.98. The Kier molecular flexibility index (Phi) is 5.03. The van der Waals surface area contributed by atoms with E-state index in [2.05, 4.69) is 10.6 Å². The quantitative estimate of drug-likeness (QED) is 0.711. The zero-order chi connectivity index (χ0) is 15.4. The lowest BCUT2D eigenvalue weighted by Crippen LogP contribution is -2.53. The van der Waals surface area contributed by atoms with Crippen LogP contribution in [0.3, 0.4) is 0 Å². The number of hydrogen-bond donors (Lipinski definition) is 3. The van der Waals surface area contributed by atoms with Gasteiger partial charge in [-0.2, -0.15) is 0 Å². The van der Waals surface area contributed by atoms with Gasteiger partial charge in [-0.05, 0) is 31.5 Å². The molecule has 0 aliphatic carbocycles. The number of carbonyl (C=O) groups is 1. The van der Waals surface area contributed by atoms with E-state index in [-0.39, 0.29) is 18.1 Å². The minimum atomic E-state index is -0.163. The van der Waals surface area contributed by atoms with Crippen molar-refractivity contribution in [3.63, 3.8) is 0 Å². The number of anilines is 1. The summed E-state index contributed by atoms with van der Waals surface area (Å²) in [5.41, 5.74) is 7.82. The van der Waals surface area contributed by atoms with Crippen molar-refractivity contribution < 1.29 is 14.3 Å². The second kappa shape index (κ2) is 6.78. The van der Waals surface area contributed by atoms with Gasteiger partial charge in [0.1, 0.15) is 5.75 Å². The number of benzene rings is 1. The molecule has 0 saturated carbocycles. The molecule has 6 nitrogen and oxygen atoms in total. The van der Waals surface area contributed by atoms with Gasteiger partial charge in [0.15, 0.2) is 0 Å². The number of nitrogens with two attached hydrogens (primary N) is 1. The number of piperidine rings is 1. The maximum absolute atomic E-state index is 12.5. The Morgan fingerprint density at radius 2 is 2.19 bits per heavy atom. The van der Waals surface area contributed by atoms with E-state index >= 15 is 0 Å². The molecule has 1 saturated heterocycles. The number of amides is 1. The molecule has 1 fully saturated rings. The summed E-state index contributed by atoms with van der Waals surface area (Å²) >= 11 is 0. The van der Waals surface area contributed by atoms with Crippen molar-refractivity contribution in [1.82, 2.24) is 10.6 Å². The monoisotopic (exact) mass is 293 g/mol. The molecule has 0 aromatic heterocycles. The molecule has 6 heteroatoms. The van der Waals surface area contributed by atoms with Crippen LogP contribution in [0.2, 0.25) is 0 Å². The lowest BCUT2D eigenvalue weighted by atomic mass is 10.0. The minimum Gasteiger partial charge on any atom is -0.496 e. The molecule has 21 heavy (non-hydrogen) atoms. The van der Waals surface area contributed by atoms with Gasteiger partial charge in [-0.1, -0.05) is 0 Å². The number of methoxy groups -OCH3 is 2. The van der Waals surface area contributed by atoms with Crippen LogP contribution in [0.4, 0.5) is 5.69 Å². The maximum atomic E-state index is 12.5. The van der Waals surface area contributed by atoms with Gasteiger partial charge in [-0.3, -0.25) is 4.79 Å². The largest absolute Gasteiger partial charge is 0.496 e. The molecule has 0 spiro atoms. The minimum absolute atomic E-state index is 0.00804. The van der Waals surface area contributed by atoms with Gasteiger partial charge in [0.2, 0.25) is 0 Å². The van der Waals surface area contributed by atoms with Crippen LogP contribution in [0, 0.1) is 6.92 Å². The van der Waals surface area contributed by atoms with Crippen LogP contribution in [-0.4, -0.2) is 45.4 Å². The Morgan fingerprint density at radius 3 is 2.86 bits per heavy atom. The van der Waals surface area contributed by atoms with Crippen LogP contribution in [0.5, 0.6) is 5.75 Å². The zero-order valence-electron chi connectivity index (χ0n) is 12.7. The molecule has 1 aliphatic heterocycles. The first-order valence-corrected chi connectivity index (χ1v) is 7.05. The van der Waals surface area contributed by atoms with Crippen LogP contribution in [-0.2, 0) is 4.74 Å². The highest BCUT2D eigenvalue weighted by Gasteiger charge is 2.27. The maximum Gasteiger partial charge on any atom is 0.255 e. The normalized spacial score (nSPS) is 21.9. The van der Waals surface area contributed by atoms with Gasteiger partial charge in [0.05, 0.1) is 24.8 Å². The highest BCUT2D eigenvalue weighted by Crippen LogP contribution is 2.25. The molecule has 4 N–H and O–H groups in total. The molecule has 2 atom stereocenters. The summed E-state index contributed by atoms with van der Waals surface area (Å²) < 4.78 is 10.7. The molecule has 1 aliphatic rings. The molecule has 116 valence electrons. The molecule has 0 bridgehead atoms. The second-order valence-electron chi connectivity index (χ2n) is 5.26. The lowest BCUT2D eigenvalue weighted by Gasteiger charge is -2.31. The van der Waals surface area contributed by atoms with Crippen molar-refractivity contribution in [2.75, 3.05) is 33.0 Å². The van der Waals surface area contributed by atoms with E-state index in [0.717, 1.165) is 25.1 Å². The van der Waals surface area contributed by atoms with Crippen LogP contribution in [0.1, 0.15) is 22.3 Å². The number of nitrogens with one attached hydrogen (secondary N) is 2. The van der Waals surface area contributed by atoms with E-state index in [1.807, 2.05) is 6.92 Å². The summed E-state index contributed by atoms with van der Waals surface area (Å²) in [6.07, 6.45) is 0.809. The van der Waals surface area contributed by atoms with E-state index in [1.54, 1.807) is 19.2 Å². The Bertz CT molecular complexity index is 519. The summed E-state index contributed by atoms with van der Waals surface area (Å²) in [6.45, 7) is 3.47. The molecule has 1 heterocycles. The molecule has 2 rings (SSSR count). The molecule has 1 aromatic rings. The van der Waals surface area contributed by atoms with E-state index in [0.29, 0.717) is 17.0 Å². The van der Waals surface area contributed by atoms with Crippen LogP contribution in [0.25, 0.3) is 0 Å². The van der Waals surface area contributed by atoms with Gasteiger partial charge < -0.3 is 25.8 Å². The standard InChI is InChI=1S/C15H23N3O3/c1-9-6-10(13(20-2)7-11(9)16)15(19)18-12-4-5-17-8-14(12)21-3/h6-7,12,14,17H,4-5,8,16H2,1-3H3,(H,18,19)/t12-,14+/m1/s1. The van der Waals surface area contributed by atoms with Crippen molar-refractivity contribution in [2.24, 2.45) is 0 Å². The molecule has 1 aromatic carbocycles. The third kappa shape index (κ3) is 3.46. The number of rotatable bonds is 4. The molecular formula is C15H23N3O3. The summed E-state index contributed by atoms with van der Waals surface area (Å²) in [4.78, 5) is 12.5. The number of hydrogen-bond acceptors (Lipinski definition) is 5. The van der Waals surface area contributed by atoms with E-state index in [1.165, 1.54) is 7.11 Å². The Morgan fingerprint density at radius 1 is 1.43 bits per heavy atom. The van der Waals surface area contributed by atoms with E-state index < -0.39 is 0 Å². The topological polar surface area (TPSA) is 85.6 Å². The van der Waals surface area contributed by atoms with Crippen LogP contribution >= 0.6 is 0 Å². The second-order valence-corrected chi connectivity index (χ2v) is 5.26. The van der Waals surface area contributed by atoms with Gasteiger partial charge in [0, 0.05) is 25.4 Å². The molecular weight excluding hydrogens is 270 g/mol. The van der Waals surface area contributed by atoms with Crippen molar-refractivity contribution >= 4 is 11.6 Å². The number of carbonyl (C=O) groups excluding carboxylic acids is 1. The summed E-state index contributed by atoms with van der Waals surface area (Å²) in [5, 5.41) is 6.28. The first kappa shape index (κ1) is 15.6.